The van der Waals surface area contributed by atoms with E-state index < -0.39 is 0 Å². The summed E-state index contributed by atoms with van der Waals surface area (Å²) in [5.74, 6) is 0.140. The highest BCUT2D eigenvalue weighted by Gasteiger charge is 2.27. The number of nitrogens with one attached hydrogen (secondary N) is 1. The zero-order valence-electron chi connectivity index (χ0n) is 13.5. The molecule has 1 atom stereocenters. The number of pyridine rings is 1. The second-order valence-electron chi connectivity index (χ2n) is 6.06. The first-order valence-electron chi connectivity index (χ1n) is 8.20. The lowest BCUT2D eigenvalue weighted by Crippen LogP contribution is -2.40. The summed E-state index contributed by atoms with van der Waals surface area (Å²) < 4.78 is 0. The van der Waals surface area contributed by atoms with Gasteiger partial charge in [0.25, 0.3) is 5.91 Å². The lowest BCUT2D eigenvalue weighted by molar-refractivity contribution is 0.0642. The van der Waals surface area contributed by atoms with E-state index in [0.29, 0.717) is 6.54 Å². The summed E-state index contributed by atoms with van der Waals surface area (Å²) in [4.78, 5) is 19.6. The van der Waals surface area contributed by atoms with E-state index in [0.717, 1.165) is 49.2 Å². The number of thiophene rings is 1. The van der Waals surface area contributed by atoms with Gasteiger partial charge >= 0.3 is 0 Å². The van der Waals surface area contributed by atoms with Gasteiger partial charge in [-0.05, 0) is 62.4 Å². The maximum atomic E-state index is 13.1. The second kappa shape index (κ2) is 7.70. The summed E-state index contributed by atoms with van der Waals surface area (Å²) in [6, 6.07) is 6.17. The second-order valence-corrected chi connectivity index (χ2v) is 6.80. The predicted molar refractivity (Wildman–Crippen MR) is 93.7 cm³/mol. The molecule has 0 spiro atoms. The molecule has 2 aromatic rings. The van der Waals surface area contributed by atoms with E-state index in [4.69, 9.17) is 0 Å². The van der Waals surface area contributed by atoms with Crippen molar-refractivity contribution in [1.82, 2.24) is 15.2 Å². The molecule has 3 rings (SSSR count). The molecule has 0 bridgehead atoms. The molecule has 4 nitrogen and oxygen atoms in total. The van der Waals surface area contributed by atoms with Gasteiger partial charge in [0.15, 0.2) is 0 Å². The first-order chi connectivity index (χ1) is 11.3. The van der Waals surface area contributed by atoms with Gasteiger partial charge in [0, 0.05) is 17.6 Å². The topological polar surface area (TPSA) is 45.2 Å². The van der Waals surface area contributed by atoms with E-state index in [9.17, 15) is 4.79 Å². The van der Waals surface area contributed by atoms with Crippen molar-refractivity contribution in [3.63, 3.8) is 0 Å². The Labute approximate surface area is 141 Å². The van der Waals surface area contributed by atoms with Crippen molar-refractivity contribution in [1.29, 1.82) is 0 Å². The minimum atomic E-state index is 0.140. The highest BCUT2D eigenvalue weighted by molar-refractivity contribution is 7.08. The molecule has 0 radical (unpaired) electrons. The van der Waals surface area contributed by atoms with Gasteiger partial charge in [0.1, 0.15) is 0 Å². The Hall–Kier alpha value is -1.72. The molecule has 0 aliphatic carbocycles. The van der Waals surface area contributed by atoms with Gasteiger partial charge in [0.2, 0.25) is 0 Å². The van der Waals surface area contributed by atoms with Crippen LogP contribution in [0.25, 0.3) is 0 Å². The van der Waals surface area contributed by atoms with Gasteiger partial charge < -0.3 is 10.2 Å². The molecule has 3 heterocycles. The molecule has 2 aromatic heterocycles. The number of aromatic nitrogens is 1. The van der Waals surface area contributed by atoms with Crippen molar-refractivity contribution >= 4 is 17.2 Å². The van der Waals surface area contributed by atoms with Crippen molar-refractivity contribution in [2.45, 2.75) is 38.8 Å². The SMILES string of the molecule is Cc1cscc1C(=O)N(Cc1ccccn1)[C@H]1CCCNCC1. The molecule has 1 saturated heterocycles. The van der Waals surface area contributed by atoms with Crippen LogP contribution in [-0.2, 0) is 6.54 Å². The summed E-state index contributed by atoms with van der Waals surface area (Å²) in [6.45, 7) is 4.61. The van der Waals surface area contributed by atoms with Crippen LogP contribution in [0.4, 0.5) is 0 Å². The first kappa shape index (κ1) is 16.1. The van der Waals surface area contributed by atoms with Crippen LogP contribution < -0.4 is 5.32 Å². The Morgan fingerprint density at radius 1 is 1.35 bits per heavy atom. The molecule has 1 aliphatic heterocycles. The highest BCUT2D eigenvalue weighted by atomic mass is 32.1. The zero-order chi connectivity index (χ0) is 16.1. The fourth-order valence-corrected chi connectivity index (χ4v) is 3.90. The van der Waals surface area contributed by atoms with Crippen LogP contribution in [0.5, 0.6) is 0 Å². The number of amides is 1. The molecule has 1 fully saturated rings. The maximum absolute atomic E-state index is 13.1. The number of nitrogens with zero attached hydrogens (tertiary/aromatic N) is 2. The van der Waals surface area contributed by atoms with Crippen LogP contribution in [0.2, 0.25) is 0 Å². The molecule has 1 aliphatic rings. The molecule has 23 heavy (non-hydrogen) atoms. The van der Waals surface area contributed by atoms with Crippen LogP contribution in [0.1, 0.15) is 40.9 Å². The average Bonchev–Trinajstić information content (AvgIpc) is 2.84. The number of carbonyl (C=O) groups excluding carboxylic acids is 1. The Kier molecular flexibility index (Phi) is 5.41. The monoisotopic (exact) mass is 329 g/mol. The lowest BCUT2D eigenvalue weighted by Gasteiger charge is -2.31. The minimum absolute atomic E-state index is 0.140. The number of carbonyl (C=O) groups is 1. The molecule has 1 amide bonds. The molecular formula is C18H23N3OS. The Morgan fingerprint density at radius 2 is 2.26 bits per heavy atom. The number of hydrogen-bond acceptors (Lipinski definition) is 4. The predicted octanol–water partition coefficient (Wildman–Crippen LogP) is 3.24. The third-order valence-electron chi connectivity index (χ3n) is 4.39. The van der Waals surface area contributed by atoms with E-state index in [-0.39, 0.29) is 11.9 Å². The number of aryl methyl sites for hydroxylation is 1. The summed E-state index contributed by atoms with van der Waals surface area (Å²) >= 11 is 1.59. The lowest BCUT2D eigenvalue weighted by atomic mass is 10.0. The number of hydrogen-bond donors (Lipinski definition) is 1. The van der Waals surface area contributed by atoms with Crippen LogP contribution in [-0.4, -0.2) is 34.9 Å². The van der Waals surface area contributed by atoms with Gasteiger partial charge in [-0.1, -0.05) is 6.07 Å². The quantitative estimate of drug-likeness (QED) is 0.936. The maximum Gasteiger partial charge on any atom is 0.255 e. The van der Waals surface area contributed by atoms with Gasteiger partial charge in [0.05, 0.1) is 17.8 Å². The fourth-order valence-electron chi connectivity index (χ4n) is 3.08. The van der Waals surface area contributed by atoms with Gasteiger partial charge in [-0.2, -0.15) is 11.3 Å². The minimum Gasteiger partial charge on any atom is -0.330 e. The standard InChI is InChI=1S/C18H23N3OS/c1-14-12-23-13-17(14)18(22)21(11-15-5-2-3-9-20-15)16-6-4-8-19-10-7-16/h2-3,5,9,12-13,16,19H,4,6-8,10-11H2,1H3/t16-/m0/s1. The first-order valence-corrected chi connectivity index (χ1v) is 9.14. The third kappa shape index (κ3) is 3.98. The van der Waals surface area contributed by atoms with Crippen LogP contribution in [0.15, 0.2) is 35.2 Å². The molecule has 122 valence electrons. The molecule has 5 heteroatoms. The van der Waals surface area contributed by atoms with Gasteiger partial charge in [-0.25, -0.2) is 0 Å². The molecule has 0 aromatic carbocycles. The van der Waals surface area contributed by atoms with E-state index in [2.05, 4.69) is 10.3 Å². The Bertz CT molecular complexity index is 633. The van der Waals surface area contributed by atoms with Crippen molar-refractivity contribution in [3.8, 4) is 0 Å². The Balaban J connectivity index is 1.86. The van der Waals surface area contributed by atoms with Crippen LogP contribution >= 0.6 is 11.3 Å². The average molecular weight is 329 g/mol. The molecule has 1 N–H and O–H groups in total. The van der Waals surface area contributed by atoms with E-state index in [1.165, 1.54) is 0 Å². The smallest absolute Gasteiger partial charge is 0.255 e. The third-order valence-corrected chi connectivity index (χ3v) is 5.25. The van der Waals surface area contributed by atoms with Crippen molar-refractivity contribution in [3.05, 3.63) is 52.0 Å². The van der Waals surface area contributed by atoms with Crippen molar-refractivity contribution in [2.24, 2.45) is 0 Å². The highest BCUT2D eigenvalue weighted by Crippen LogP contribution is 2.22. The fraction of sp³-hybridized carbons (Fsp3) is 0.444. The van der Waals surface area contributed by atoms with Gasteiger partial charge in [-0.15, -0.1) is 0 Å². The summed E-state index contributed by atoms with van der Waals surface area (Å²) in [5.41, 5.74) is 2.85. The van der Waals surface area contributed by atoms with Crippen molar-refractivity contribution in [2.75, 3.05) is 13.1 Å². The summed E-state index contributed by atoms with van der Waals surface area (Å²) in [6.07, 6.45) is 4.96. The summed E-state index contributed by atoms with van der Waals surface area (Å²) in [5, 5.41) is 7.44. The Morgan fingerprint density at radius 3 is 3.00 bits per heavy atom. The van der Waals surface area contributed by atoms with Crippen LogP contribution in [0.3, 0.4) is 0 Å². The van der Waals surface area contributed by atoms with E-state index in [1.54, 1.807) is 17.5 Å². The van der Waals surface area contributed by atoms with E-state index >= 15 is 0 Å². The zero-order valence-corrected chi connectivity index (χ0v) is 14.3. The van der Waals surface area contributed by atoms with Crippen LogP contribution in [0, 0.1) is 6.92 Å². The van der Waals surface area contributed by atoms with Gasteiger partial charge in [-0.3, -0.25) is 9.78 Å². The van der Waals surface area contributed by atoms with E-state index in [1.807, 2.05) is 40.8 Å². The molecular weight excluding hydrogens is 306 g/mol. The van der Waals surface area contributed by atoms with Crippen molar-refractivity contribution < 1.29 is 4.79 Å². The number of rotatable bonds is 4. The summed E-state index contributed by atoms with van der Waals surface area (Å²) in [7, 11) is 0. The largest absolute Gasteiger partial charge is 0.330 e. The molecule has 0 saturated carbocycles. The molecule has 0 unspecified atom stereocenters. The normalized spacial score (nSPS) is 18.4.